The minimum Gasteiger partial charge on any atom is -0.462 e. The van der Waals surface area contributed by atoms with Crippen LogP contribution in [-0.4, -0.2) is 66.3 Å². The number of unbranched alkanes of at least 4 members (excludes halogenated alkanes) is 5. The molecular formula is C43H68NO10P. The van der Waals surface area contributed by atoms with E-state index in [1.807, 2.05) is 24.3 Å². The highest BCUT2D eigenvalue weighted by Gasteiger charge is 2.27. The highest BCUT2D eigenvalue weighted by molar-refractivity contribution is 7.47. The molecule has 0 spiro atoms. The summed E-state index contributed by atoms with van der Waals surface area (Å²) < 4.78 is 32.6. The van der Waals surface area contributed by atoms with E-state index in [2.05, 4.69) is 62.5 Å². The number of hydrogen-bond acceptors (Lipinski definition) is 10. The number of hydrogen-bond donors (Lipinski definition) is 3. The Kier molecular flexibility index (Phi) is 29.9. The molecule has 1 aliphatic rings. The van der Waals surface area contributed by atoms with Gasteiger partial charge in [-0.25, -0.2) is 4.57 Å². The molecule has 1 aliphatic carbocycles. The van der Waals surface area contributed by atoms with Crippen molar-refractivity contribution in [3.8, 4) is 0 Å². The number of ether oxygens (including phenoxy) is 2. The largest absolute Gasteiger partial charge is 0.472 e. The average Bonchev–Trinajstić information content (AvgIpc) is 3.52. The van der Waals surface area contributed by atoms with E-state index in [1.54, 1.807) is 12.2 Å². The first-order valence-electron chi connectivity index (χ1n) is 20.1. The van der Waals surface area contributed by atoms with Gasteiger partial charge in [0.1, 0.15) is 6.61 Å². The average molecular weight is 790 g/mol. The molecule has 0 amide bonds. The van der Waals surface area contributed by atoms with Crippen molar-refractivity contribution in [1.29, 1.82) is 0 Å². The van der Waals surface area contributed by atoms with E-state index in [9.17, 15) is 28.9 Å². The number of nitrogens with two attached hydrogens (primary N) is 1. The summed E-state index contributed by atoms with van der Waals surface area (Å²) in [5.41, 5.74) is 5.33. The van der Waals surface area contributed by atoms with Crippen molar-refractivity contribution in [2.24, 2.45) is 17.6 Å². The highest BCUT2D eigenvalue weighted by Crippen LogP contribution is 2.43. The molecule has 0 saturated heterocycles. The first-order chi connectivity index (χ1) is 26.6. The molecule has 5 atom stereocenters. The van der Waals surface area contributed by atoms with Crippen molar-refractivity contribution in [3.63, 3.8) is 0 Å². The maximum atomic E-state index is 12.6. The molecular weight excluding hydrogens is 721 g/mol. The molecule has 0 radical (unpaired) electrons. The van der Waals surface area contributed by atoms with E-state index in [0.29, 0.717) is 32.1 Å². The van der Waals surface area contributed by atoms with Crippen molar-refractivity contribution in [3.05, 3.63) is 85.1 Å². The number of aliphatic hydroxyl groups is 1. The van der Waals surface area contributed by atoms with Gasteiger partial charge in [0.2, 0.25) is 0 Å². The zero-order valence-corrected chi connectivity index (χ0v) is 34.1. The summed E-state index contributed by atoms with van der Waals surface area (Å²) in [5.74, 6) is -1.26. The maximum Gasteiger partial charge on any atom is 0.472 e. The molecule has 0 saturated carbocycles. The van der Waals surface area contributed by atoms with Crippen LogP contribution < -0.4 is 5.73 Å². The molecule has 0 heterocycles. The zero-order chi connectivity index (χ0) is 40.4. The molecule has 4 N–H and O–H groups in total. The Balaban J connectivity index is 2.44. The van der Waals surface area contributed by atoms with Crippen molar-refractivity contribution >= 4 is 25.5 Å². The van der Waals surface area contributed by atoms with Gasteiger partial charge in [0.25, 0.3) is 0 Å². The van der Waals surface area contributed by atoms with Crippen molar-refractivity contribution < 1.29 is 47.5 Å². The SMILES string of the molecule is CC/C=C\C/C=C\C/C=C\C/C=C\CCCCC(=O)O[C@H](COC(=O)CCC/C=C\C[C@H]1C=CC(=O)[C@@H]1/C=C/[C@@H](O)CCCCC)COP(=O)(O)OCCN. The second kappa shape index (κ2) is 33.0. The van der Waals surface area contributed by atoms with E-state index in [-0.39, 0.29) is 50.2 Å². The molecule has 0 aromatic heterocycles. The predicted octanol–water partition coefficient (Wildman–Crippen LogP) is 8.88. The summed E-state index contributed by atoms with van der Waals surface area (Å²) in [5, 5.41) is 10.2. The van der Waals surface area contributed by atoms with Crippen LogP contribution in [0.15, 0.2) is 85.1 Å². The third-order valence-electron chi connectivity index (χ3n) is 8.51. The van der Waals surface area contributed by atoms with E-state index in [4.69, 9.17) is 24.3 Å². The number of carbonyl (C=O) groups is 3. The Labute approximate surface area is 330 Å². The second-order valence-corrected chi connectivity index (χ2v) is 14.9. The number of phosphoric acid groups is 1. The van der Waals surface area contributed by atoms with Crippen LogP contribution in [-0.2, 0) is 37.5 Å². The van der Waals surface area contributed by atoms with Crippen LogP contribution in [0.5, 0.6) is 0 Å². The molecule has 0 aliphatic heterocycles. The van der Waals surface area contributed by atoms with Gasteiger partial charge in [0.05, 0.1) is 19.3 Å². The van der Waals surface area contributed by atoms with Crippen LogP contribution in [0.3, 0.4) is 0 Å². The van der Waals surface area contributed by atoms with Crippen molar-refractivity contribution in [2.75, 3.05) is 26.4 Å². The van der Waals surface area contributed by atoms with E-state index < -0.39 is 38.6 Å². The lowest BCUT2D eigenvalue weighted by Gasteiger charge is -2.19. The van der Waals surface area contributed by atoms with E-state index in [0.717, 1.165) is 57.8 Å². The minimum atomic E-state index is -4.44. The number of esters is 2. The fraction of sp³-hybridized carbons (Fsp3) is 0.605. The highest BCUT2D eigenvalue weighted by atomic mass is 31.2. The zero-order valence-electron chi connectivity index (χ0n) is 33.2. The molecule has 12 heteroatoms. The Morgan fingerprint density at radius 3 is 2.18 bits per heavy atom. The van der Waals surface area contributed by atoms with Gasteiger partial charge in [-0.2, -0.15) is 0 Å². The number of carbonyl (C=O) groups excluding carboxylic acids is 3. The molecule has 0 bridgehead atoms. The predicted molar refractivity (Wildman–Crippen MR) is 219 cm³/mol. The normalized spacial score (nSPS) is 18.5. The topological polar surface area (TPSA) is 172 Å². The summed E-state index contributed by atoms with van der Waals surface area (Å²) in [7, 11) is -4.44. The van der Waals surface area contributed by atoms with Crippen LogP contribution in [0.2, 0.25) is 0 Å². The lowest BCUT2D eigenvalue weighted by molar-refractivity contribution is -0.161. The summed E-state index contributed by atoms with van der Waals surface area (Å²) in [6.45, 7) is 3.20. The third kappa shape index (κ3) is 28.0. The van der Waals surface area contributed by atoms with Crippen molar-refractivity contribution in [2.45, 2.75) is 129 Å². The van der Waals surface area contributed by atoms with Gasteiger partial charge >= 0.3 is 19.8 Å². The summed E-state index contributed by atoms with van der Waals surface area (Å²) in [6, 6.07) is 0. The second-order valence-electron chi connectivity index (χ2n) is 13.4. The van der Waals surface area contributed by atoms with E-state index >= 15 is 0 Å². The third-order valence-corrected chi connectivity index (χ3v) is 9.50. The molecule has 0 aromatic carbocycles. The number of rotatable bonds is 33. The lowest BCUT2D eigenvalue weighted by atomic mass is 9.90. The van der Waals surface area contributed by atoms with Crippen LogP contribution in [0.25, 0.3) is 0 Å². The number of phosphoric ester groups is 1. The summed E-state index contributed by atoms with van der Waals surface area (Å²) >= 11 is 0. The first-order valence-corrected chi connectivity index (χ1v) is 21.6. The molecule has 0 fully saturated rings. The summed E-state index contributed by atoms with van der Waals surface area (Å²) in [4.78, 5) is 47.3. The lowest BCUT2D eigenvalue weighted by Crippen LogP contribution is -2.29. The molecule has 11 nitrogen and oxygen atoms in total. The molecule has 1 unspecified atom stereocenters. The van der Waals surface area contributed by atoms with Gasteiger partial charge < -0.3 is 25.2 Å². The van der Waals surface area contributed by atoms with Gasteiger partial charge in [0, 0.05) is 25.3 Å². The maximum absolute atomic E-state index is 12.6. The monoisotopic (exact) mass is 789 g/mol. The van der Waals surface area contributed by atoms with Gasteiger partial charge in [-0.05, 0) is 82.6 Å². The smallest absolute Gasteiger partial charge is 0.462 e. The first kappa shape index (κ1) is 49.8. The van der Waals surface area contributed by atoms with Gasteiger partial charge in [0.15, 0.2) is 11.9 Å². The molecule has 0 aromatic rings. The summed E-state index contributed by atoms with van der Waals surface area (Å²) in [6.07, 6.45) is 38.2. The van der Waals surface area contributed by atoms with Crippen molar-refractivity contribution in [1.82, 2.24) is 0 Å². The van der Waals surface area contributed by atoms with Gasteiger partial charge in [-0.1, -0.05) is 112 Å². The minimum absolute atomic E-state index is 0.0134. The molecule has 55 heavy (non-hydrogen) atoms. The van der Waals surface area contributed by atoms with Gasteiger partial charge in [-0.15, -0.1) is 0 Å². The standard InChI is InChI=1S/C43H68NO10P/c1-3-5-7-8-9-10-11-12-13-14-15-16-17-18-24-28-43(48)54-39(36-53-55(49,50)52-34-33-44)35-51-42(47)27-23-20-19-22-25-37-29-32-41(46)40(37)31-30-38(45)26-21-6-4-2/h5,7,9-10,12-13,15-16,19,22,29-32,37-40,45H,3-4,6,8,11,14,17-18,20-21,23-28,33-36,44H2,1-2H3,(H,49,50)/b7-5-,10-9-,13-12-,16-15-,22-19-,31-30+/t37-,38-,39+,40+/m0/s1. The molecule has 310 valence electrons. The number of ketones is 1. The quantitative estimate of drug-likeness (QED) is 0.0251. The fourth-order valence-electron chi connectivity index (χ4n) is 5.44. The Morgan fingerprint density at radius 1 is 0.836 bits per heavy atom. The Hall–Kier alpha value is -3.18. The van der Waals surface area contributed by atoms with Crippen LogP contribution in [0, 0.1) is 11.8 Å². The molecule has 1 rings (SSSR count). The number of allylic oxidation sites excluding steroid dienone is 13. The van der Waals surface area contributed by atoms with Crippen LogP contribution in [0.1, 0.15) is 117 Å². The van der Waals surface area contributed by atoms with Crippen LogP contribution >= 0.6 is 7.82 Å². The Morgan fingerprint density at radius 2 is 1.49 bits per heavy atom. The van der Waals surface area contributed by atoms with E-state index in [1.165, 1.54) is 0 Å². The van der Waals surface area contributed by atoms with Gasteiger partial charge in [-0.3, -0.25) is 23.4 Å². The number of aliphatic hydroxyl groups excluding tert-OH is 1. The van der Waals surface area contributed by atoms with Crippen LogP contribution in [0.4, 0.5) is 0 Å². The Bertz CT molecular complexity index is 1320. The fourth-order valence-corrected chi connectivity index (χ4v) is 6.20.